The molecular formula is C29H33ClN2O3. The van der Waals surface area contributed by atoms with Crippen molar-refractivity contribution in [3.8, 4) is 5.75 Å². The van der Waals surface area contributed by atoms with Crippen molar-refractivity contribution in [2.24, 2.45) is 5.92 Å². The van der Waals surface area contributed by atoms with Gasteiger partial charge in [-0.15, -0.1) is 0 Å². The van der Waals surface area contributed by atoms with Crippen molar-refractivity contribution >= 4 is 23.4 Å². The predicted molar refractivity (Wildman–Crippen MR) is 140 cm³/mol. The normalized spacial score (nSPS) is 11.7. The van der Waals surface area contributed by atoms with E-state index in [2.05, 4.69) is 5.32 Å². The minimum atomic E-state index is -0.666. The van der Waals surface area contributed by atoms with Crippen LogP contribution in [0.25, 0.3) is 0 Å². The highest BCUT2D eigenvalue weighted by Crippen LogP contribution is 2.19. The molecule has 3 aromatic carbocycles. The molecule has 0 saturated heterocycles. The molecule has 0 radical (unpaired) electrons. The number of benzene rings is 3. The lowest BCUT2D eigenvalue weighted by molar-refractivity contribution is -0.140. The molecule has 0 aliphatic heterocycles. The van der Waals surface area contributed by atoms with Crippen LogP contribution < -0.4 is 10.1 Å². The molecule has 0 fully saturated rings. The lowest BCUT2D eigenvalue weighted by Crippen LogP contribution is -2.51. The molecule has 0 spiro atoms. The molecule has 0 bridgehead atoms. The Bertz CT molecular complexity index is 1100. The van der Waals surface area contributed by atoms with Gasteiger partial charge in [-0.1, -0.05) is 80.0 Å². The maximum Gasteiger partial charge on any atom is 0.243 e. The largest absolute Gasteiger partial charge is 0.497 e. The molecule has 0 saturated carbocycles. The van der Waals surface area contributed by atoms with E-state index in [1.54, 1.807) is 18.1 Å². The van der Waals surface area contributed by atoms with Gasteiger partial charge >= 0.3 is 0 Å². The Morgan fingerprint density at radius 1 is 0.914 bits per heavy atom. The van der Waals surface area contributed by atoms with Crippen LogP contribution in [-0.2, 0) is 29.0 Å². The highest BCUT2D eigenvalue weighted by atomic mass is 35.5. The van der Waals surface area contributed by atoms with E-state index in [0.29, 0.717) is 23.9 Å². The smallest absolute Gasteiger partial charge is 0.243 e. The van der Waals surface area contributed by atoms with Crippen molar-refractivity contribution in [1.82, 2.24) is 10.2 Å². The number of ether oxygens (including phenoxy) is 1. The van der Waals surface area contributed by atoms with Crippen molar-refractivity contribution in [3.63, 3.8) is 0 Å². The Morgan fingerprint density at radius 3 is 2.23 bits per heavy atom. The van der Waals surface area contributed by atoms with Crippen LogP contribution in [0.5, 0.6) is 5.75 Å². The zero-order chi connectivity index (χ0) is 25.2. The molecular weight excluding hydrogens is 460 g/mol. The quantitative estimate of drug-likeness (QED) is 0.395. The molecule has 6 heteroatoms. The summed E-state index contributed by atoms with van der Waals surface area (Å²) >= 11 is 6.23. The summed E-state index contributed by atoms with van der Waals surface area (Å²) in [5, 5.41) is 3.63. The van der Waals surface area contributed by atoms with Crippen molar-refractivity contribution < 1.29 is 14.3 Å². The first-order chi connectivity index (χ1) is 16.9. The lowest BCUT2D eigenvalue weighted by Gasteiger charge is -2.32. The minimum Gasteiger partial charge on any atom is -0.497 e. The number of methoxy groups -OCH3 is 1. The van der Waals surface area contributed by atoms with E-state index in [9.17, 15) is 9.59 Å². The van der Waals surface area contributed by atoms with Crippen molar-refractivity contribution in [1.29, 1.82) is 0 Å². The van der Waals surface area contributed by atoms with Crippen LogP contribution in [0.3, 0.4) is 0 Å². The Balaban J connectivity index is 1.94. The zero-order valence-electron chi connectivity index (χ0n) is 20.5. The molecule has 5 nitrogen and oxygen atoms in total. The van der Waals surface area contributed by atoms with Gasteiger partial charge in [0.15, 0.2) is 0 Å². The third-order valence-corrected chi connectivity index (χ3v) is 5.95. The second kappa shape index (κ2) is 13.0. The summed E-state index contributed by atoms with van der Waals surface area (Å²) in [6, 6.07) is 23.9. The third kappa shape index (κ3) is 8.15. The summed E-state index contributed by atoms with van der Waals surface area (Å²) in [5.74, 6) is 0.739. The second-order valence-corrected chi connectivity index (χ2v) is 9.46. The van der Waals surface area contributed by atoms with E-state index in [-0.39, 0.29) is 24.8 Å². The van der Waals surface area contributed by atoms with Gasteiger partial charge in [-0.05, 0) is 46.9 Å². The third-order valence-electron chi connectivity index (χ3n) is 5.71. The van der Waals surface area contributed by atoms with Gasteiger partial charge in [0.25, 0.3) is 0 Å². The highest BCUT2D eigenvalue weighted by Gasteiger charge is 2.30. The molecule has 0 unspecified atom stereocenters. The fraction of sp³-hybridized carbons (Fsp3) is 0.310. The molecule has 0 aromatic heterocycles. The van der Waals surface area contributed by atoms with Gasteiger partial charge in [-0.25, -0.2) is 0 Å². The van der Waals surface area contributed by atoms with Crippen LogP contribution >= 0.6 is 11.6 Å². The Kier molecular flexibility index (Phi) is 9.74. The minimum absolute atomic E-state index is 0.129. The number of carbonyl (C=O) groups is 2. The van der Waals surface area contributed by atoms with E-state index in [0.717, 1.165) is 22.4 Å². The molecule has 2 amide bonds. The number of amides is 2. The number of nitrogens with zero attached hydrogens (tertiary/aromatic N) is 1. The molecule has 35 heavy (non-hydrogen) atoms. The molecule has 0 heterocycles. The maximum absolute atomic E-state index is 13.7. The summed E-state index contributed by atoms with van der Waals surface area (Å²) < 4.78 is 5.23. The van der Waals surface area contributed by atoms with Crippen LogP contribution in [0.15, 0.2) is 78.9 Å². The molecule has 3 rings (SSSR count). The van der Waals surface area contributed by atoms with Crippen molar-refractivity contribution in [2.75, 3.05) is 13.7 Å². The fourth-order valence-electron chi connectivity index (χ4n) is 3.83. The summed E-state index contributed by atoms with van der Waals surface area (Å²) in [5.41, 5.74) is 2.72. The van der Waals surface area contributed by atoms with Crippen LogP contribution in [0.1, 0.15) is 30.5 Å². The fourth-order valence-corrected chi connectivity index (χ4v) is 4.04. The van der Waals surface area contributed by atoms with Gasteiger partial charge in [-0.3, -0.25) is 9.59 Å². The Morgan fingerprint density at radius 2 is 1.60 bits per heavy atom. The number of carbonyl (C=O) groups excluding carboxylic acids is 2. The maximum atomic E-state index is 13.7. The van der Waals surface area contributed by atoms with Gasteiger partial charge in [-0.2, -0.15) is 0 Å². The van der Waals surface area contributed by atoms with Gasteiger partial charge in [0.05, 0.1) is 13.5 Å². The lowest BCUT2D eigenvalue weighted by atomic mass is 10.0. The first-order valence-electron chi connectivity index (χ1n) is 11.8. The van der Waals surface area contributed by atoms with Gasteiger partial charge in [0, 0.05) is 24.5 Å². The Labute approximate surface area is 213 Å². The molecule has 184 valence electrons. The van der Waals surface area contributed by atoms with E-state index >= 15 is 0 Å². The summed E-state index contributed by atoms with van der Waals surface area (Å²) in [7, 11) is 1.61. The van der Waals surface area contributed by atoms with Gasteiger partial charge in [0.1, 0.15) is 11.8 Å². The second-order valence-electron chi connectivity index (χ2n) is 9.02. The summed E-state index contributed by atoms with van der Waals surface area (Å²) in [6.07, 6.45) is 0.590. The van der Waals surface area contributed by atoms with Crippen LogP contribution in [0.4, 0.5) is 0 Å². The van der Waals surface area contributed by atoms with E-state index < -0.39 is 6.04 Å². The first kappa shape index (κ1) is 26.3. The average Bonchev–Trinajstić information content (AvgIpc) is 2.85. The van der Waals surface area contributed by atoms with Crippen molar-refractivity contribution in [3.05, 3.63) is 101 Å². The van der Waals surface area contributed by atoms with E-state index in [1.165, 1.54) is 0 Å². The standard InChI is InChI=1S/C29H33ClN2O3/c1-21(2)19-31-29(34)27(17-22-8-5-4-6-9-22)32(20-24-10-7-11-25(30)16-24)28(33)18-23-12-14-26(35-3)15-13-23/h4-16,21,27H,17-20H2,1-3H3,(H,31,34)/t27-/m1/s1. The molecule has 0 aliphatic carbocycles. The topological polar surface area (TPSA) is 58.6 Å². The first-order valence-corrected chi connectivity index (χ1v) is 12.2. The Hall–Kier alpha value is -3.31. The molecule has 0 aliphatic rings. The van der Waals surface area contributed by atoms with Crippen LogP contribution in [0.2, 0.25) is 5.02 Å². The SMILES string of the molecule is COc1ccc(CC(=O)N(Cc2cccc(Cl)c2)[C@H](Cc2ccccc2)C(=O)NCC(C)C)cc1. The molecule has 3 aromatic rings. The van der Waals surface area contributed by atoms with Crippen LogP contribution in [0, 0.1) is 5.92 Å². The summed E-state index contributed by atoms with van der Waals surface area (Å²) in [4.78, 5) is 28.8. The zero-order valence-corrected chi connectivity index (χ0v) is 21.3. The van der Waals surface area contributed by atoms with E-state index in [4.69, 9.17) is 16.3 Å². The number of nitrogens with one attached hydrogen (secondary N) is 1. The molecule has 1 atom stereocenters. The number of halogens is 1. The van der Waals surface area contributed by atoms with Gasteiger partial charge < -0.3 is 15.0 Å². The molecule has 1 N–H and O–H groups in total. The number of rotatable bonds is 11. The predicted octanol–water partition coefficient (Wildman–Crippen LogP) is 5.30. The monoisotopic (exact) mass is 492 g/mol. The number of hydrogen-bond donors (Lipinski definition) is 1. The van der Waals surface area contributed by atoms with Gasteiger partial charge in [0.2, 0.25) is 11.8 Å². The number of hydrogen-bond acceptors (Lipinski definition) is 3. The van der Waals surface area contributed by atoms with Crippen molar-refractivity contribution in [2.45, 2.75) is 39.3 Å². The average molecular weight is 493 g/mol. The highest BCUT2D eigenvalue weighted by molar-refractivity contribution is 6.30. The van der Waals surface area contributed by atoms with Crippen LogP contribution in [-0.4, -0.2) is 36.4 Å². The van der Waals surface area contributed by atoms with E-state index in [1.807, 2.05) is 86.6 Å². The summed E-state index contributed by atoms with van der Waals surface area (Å²) in [6.45, 7) is 4.92.